The number of nitrogens with one attached hydrogen (secondary N) is 2. The molecular formula is C46H70N2O8. The number of likely N-dealkylation sites (N-methyl/N-ethyl adjacent to an activating group) is 1. The number of carbonyl (C=O) groups is 2. The van der Waals surface area contributed by atoms with Gasteiger partial charge in [-0.1, -0.05) is 57.9 Å². The van der Waals surface area contributed by atoms with Gasteiger partial charge in [0.1, 0.15) is 18.0 Å². The summed E-state index contributed by atoms with van der Waals surface area (Å²) < 4.78 is 6.10. The Labute approximate surface area is 333 Å². The summed E-state index contributed by atoms with van der Waals surface area (Å²) in [5.41, 5.74) is -6.72. The van der Waals surface area contributed by atoms with E-state index in [2.05, 4.69) is 23.6 Å². The normalized spacial score (nSPS) is 49.3. The van der Waals surface area contributed by atoms with Crippen molar-refractivity contribution in [3.8, 4) is 0 Å². The second-order valence-corrected chi connectivity index (χ2v) is 20.6. The number of ether oxygens (including phenoxy) is 1. The van der Waals surface area contributed by atoms with Crippen molar-refractivity contribution in [2.75, 3.05) is 33.3 Å². The van der Waals surface area contributed by atoms with Gasteiger partial charge in [-0.05, 0) is 124 Å². The molecule has 10 heteroatoms. The minimum atomic E-state index is -1.75. The van der Waals surface area contributed by atoms with Gasteiger partial charge < -0.3 is 45.7 Å². The second kappa shape index (κ2) is 14.2. The van der Waals surface area contributed by atoms with Gasteiger partial charge in [0.05, 0.1) is 29.3 Å². The highest BCUT2D eigenvalue weighted by molar-refractivity contribution is 5.87. The quantitative estimate of drug-likeness (QED) is 0.0733. The molecular weight excluding hydrogens is 709 g/mol. The molecule has 1 heterocycles. The van der Waals surface area contributed by atoms with Gasteiger partial charge in [0.25, 0.3) is 0 Å². The lowest BCUT2D eigenvalue weighted by molar-refractivity contribution is -0.355. The van der Waals surface area contributed by atoms with E-state index in [1.165, 1.54) is 25.7 Å². The van der Waals surface area contributed by atoms with Crippen LogP contribution >= 0.6 is 0 Å². The maximum atomic E-state index is 14.4. The van der Waals surface area contributed by atoms with Crippen molar-refractivity contribution in [2.45, 2.75) is 152 Å². The first-order chi connectivity index (χ1) is 26.9. The lowest BCUT2D eigenvalue weighted by Gasteiger charge is -2.73. The fourth-order valence-electron chi connectivity index (χ4n) is 17.0. The van der Waals surface area contributed by atoms with Crippen molar-refractivity contribution < 1.29 is 39.9 Å². The molecule has 0 unspecified atom stereocenters. The van der Waals surface area contributed by atoms with Crippen LogP contribution in [-0.4, -0.2) is 100 Å². The van der Waals surface area contributed by atoms with E-state index < -0.39 is 69.0 Å². The highest BCUT2D eigenvalue weighted by Gasteiger charge is 2.86. The van der Waals surface area contributed by atoms with Crippen LogP contribution in [0.3, 0.4) is 0 Å². The lowest BCUT2D eigenvalue weighted by Crippen LogP contribution is -2.82. The number of hydrogen-bond donors (Lipinski definition) is 7. The third kappa shape index (κ3) is 4.99. The third-order valence-corrected chi connectivity index (χ3v) is 19.3. The fraction of sp³-hybridized carbons (Fsp3) is 0.870. The average molecular weight is 779 g/mol. The largest absolute Gasteiger partial charge is 0.450 e. The van der Waals surface area contributed by atoms with E-state index in [0.717, 1.165) is 69.0 Å². The summed E-state index contributed by atoms with van der Waals surface area (Å²) in [5, 5.41) is 72.5. The summed E-state index contributed by atoms with van der Waals surface area (Å²) in [6.45, 7) is 4.06. The monoisotopic (exact) mass is 779 g/mol. The summed E-state index contributed by atoms with van der Waals surface area (Å²) in [6.07, 6.45) is 17.1. The number of allylic oxidation sites excluding steroid dienone is 1. The van der Waals surface area contributed by atoms with E-state index in [4.69, 9.17) is 4.74 Å². The smallest absolute Gasteiger partial charge is 0.331 e. The van der Waals surface area contributed by atoms with E-state index in [-0.39, 0.29) is 43.6 Å². The van der Waals surface area contributed by atoms with Crippen molar-refractivity contribution in [2.24, 2.45) is 63.6 Å². The standard InChI is InChI=1S/C46H70N2O8/c1-28(29-8-6-7-9-29)30-12-13-35-37(51)14-16-41(26-49)38-15-17-43(32-10-4-3-5-11-32)42(27-50)33(24-45(43,54)44(38,53)23-34(20-30)46(35,41)55)21-31(25-48-19-18-47-2)40-36(42)22-39(52)56-40/h21-22,26,28-30,32-35,37-38,40,47-48,50-51,53-55H,3-20,23-25,27H2,1-2H3/t28-,30+,33-,34-,35-,37-,38+,40-,41-,42+,43-,44-,45+,46-/m0/s1. The van der Waals surface area contributed by atoms with Crippen molar-refractivity contribution in [3.05, 3.63) is 23.3 Å². The number of aliphatic hydroxyl groups excluding tert-OH is 2. The van der Waals surface area contributed by atoms with Crippen molar-refractivity contribution in [1.82, 2.24) is 10.6 Å². The molecule has 8 aliphatic carbocycles. The fourth-order valence-corrected chi connectivity index (χ4v) is 17.0. The zero-order valence-corrected chi connectivity index (χ0v) is 34.0. The summed E-state index contributed by atoms with van der Waals surface area (Å²) in [4.78, 5) is 27.5. The Hall–Kier alpha value is -1.66. The van der Waals surface area contributed by atoms with Crippen molar-refractivity contribution in [3.63, 3.8) is 0 Å². The molecule has 0 radical (unpaired) electrons. The minimum Gasteiger partial charge on any atom is -0.450 e. The Kier molecular flexibility index (Phi) is 10.1. The van der Waals surface area contributed by atoms with Crippen LogP contribution in [0.25, 0.3) is 0 Å². The van der Waals surface area contributed by atoms with Gasteiger partial charge in [-0.2, -0.15) is 0 Å². The van der Waals surface area contributed by atoms with Crippen LogP contribution in [0.5, 0.6) is 0 Å². The molecule has 0 aromatic carbocycles. The van der Waals surface area contributed by atoms with Gasteiger partial charge in [0, 0.05) is 48.4 Å². The second-order valence-electron chi connectivity index (χ2n) is 20.6. The number of hydrogen-bond acceptors (Lipinski definition) is 10. The van der Waals surface area contributed by atoms with E-state index >= 15 is 0 Å². The molecule has 0 saturated heterocycles. The molecule has 9 rings (SSSR count). The molecule has 7 saturated carbocycles. The van der Waals surface area contributed by atoms with E-state index in [0.29, 0.717) is 50.5 Å². The first kappa shape index (κ1) is 39.8. The zero-order valence-electron chi connectivity index (χ0n) is 34.0. The van der Waals surface area contributed by atoms with Gasteiger partial charge in [-0.25, -0.2) is 4.79 Å². The Bertz CT molecular complexity index is 1610. The maximum Gasteiger partial charge on any atom is 0.331 e. The topological polar surface area (TPSA) is 169 Å². The molecule has 1 aliphatic heterocycles. The molecule has 312 valence electrons. The molecule has 14 atom stereocenters. The number of aldehydes is 1. The predicted molar refractivity (Wildman–Crippen MR) is 211 cm³/mol. The van der Waals surface area contributed by atoms with Crippen molar-refractivity contribution in [1.29, 1.82) is 0 Å². The van der Waals surface area contributed by atoms with Crippen LogP contribution in [0.4, 0.5) is 0 Å². The van der Waals surface area contributed by atoms with Crippen LogP contribution < -0.4 is 10.6 Å². The van der Waals surface area contributed by atoms with Crippen molar-refractivity contribution >= 4 is 12.3 Å². The van der Waals surface area contributed by atoms with Gasteiger partial charge >= 0.3 is 5.97 Å². The molecule has 7 fully saturated rings. The molecule has 0 amide bonds. The first-order valence-electron chi connectivity index (χ1n) is 22.8. The minimum absolute atomic E-state index is 0.0254. The Morgan fingerprint density at radius 2 is 1.66 bits per heavy atom. The highest BCUT2D eigenvalue weighted by atomic mass is 16.5. The molecule has 0 aromatic rings. The Balaban J connectivity index is 1.21. The van der Waals surface area contributed by atoms with Gasteiger partial charge in [0.2, 0.25) is 0 Å². The SMILES string of the molecule is CNCCNCC1=C[C@H]2C[C@@]3(O)[C@](C4CCCCC4)(CC[C@H]4[C@@]3(O)C[C@@H]3C[C@H]([C@@H](C)C5CCCC5)CC[C@H]5[C@@H](O)CC[C@@]4(C=O)[C@]35O)[C@@]2(CO)C2=CC(=O)O[C@@H]12. The van der Waals surface area contributed by atoms with Crippen LogP contribution in [0.2, 0.25) is 0 Å². The highest BCUT2D eigenvalue weighted by Crippen LogP contribution is 2.81. The molecule has 0 aromatic heterocycles. The molecule has 7 N–H and O–H groups in total. The zero-order chi connectivity index (χ0) is 39.3. The van der Waals surface area contributed by atoms with E-state index in [9.17, 15) is 35.1 Å². The third-order valence-electron chi connectivity index (χ3n) is 19.3. The van der Waals surface area contributed by atoms with Crippen LogP contribution in [0.15, 0.2) is 23.3 Å². The summed E-state index contributed by atoms with van der Waals surface area (Å²) in [7, 11) is 1.91. The molecule has 0 bridgehead atoms. The van der Waals surface area contributed by atoms with Gasteiger partial charge in [-0.15, -0.1) is 0 Å². The van der Waals surface area contributed by atoms with E-state index in [1.54, 1.807) is 6.08 Å². The average Bonchev–Trinajstić information content (AvgIpc) is 3.90. The molecule has 10 nitrogen and oxygen atoms in total. The van der Waals surface area contributed by atoms with Crippen LogP contribution in [-0.2, 0) is 14.3 Å². The van der Waals surface area contributed by atoms with Gasteiger partial charge in [0.15, 0.2) is 0 Å². The van der Waals surface area contributed by atoms with E-state index in [1.807, 2.05) is 7.05 Å². The molecule has 56 heavy (non-hydrogen) atoms. The van der Waals surface area contributed by atoms with Gasteiger partial charge in [-0.3, -0.25) is 0 Å². The number of aliphatic hydroxyl groups is 5. The number of fused-ring (bicyclic) bond motifs is 8. The summed E-state index contributed by atoms with van der Waals surface area (Å²) in [5.74, 6) is -1.20. The summed E-state index contributed by atoms with van der Waals surface area (Å²) >= 11 is 0. The number of carbonyl (C=O) groups excluding carboxylic acids is 2. The maximum absolute atomic E-state index is 14.4. The Morgan fingerprint density at radius 3 is 2.38 bits per heavy atom. The Morgan fingerprint density at radius 1 is 0.911 bits per heavy atom. The number of rotatable bonds is 10. The van der Waals surface area contributed by atoms with Crippen LogP contribution in [0.1, 0.15) is 122 Å². The predicted octanol–water partition coefficient (Wildman–Crippen LogP) is 4.36. The summed E-state index contributed by atoms with van der Waals surface area (Å²) in [6, 6.07) is 0. The number of esters is 1. The first-order valence-corrected chi connectivity index (χ1v) is 22.8. The molecule has 0 spiro atoms. The lowest BCUT2D eigenvalue weighted by atomic mass is 9.33. The molecule has 9 aliphatic rings. The van der Waals surface area contributed by atoms with Crippen LogP contribution in [0, 0.1) is 63.6 Å².